The van der Waals surface area contributed by atoms with E-state index in [4.69, 9.17) is 21.1 Å². The number of morpholine rings is 1. The van der Waals surface area contributed by atoms with Gasteiger partial charge in [0.05, 0.1) is 24.7 Å². The number of benzene rings is 1. The zero-order chi connectivity index (χ0) is 18.4. The first-order valence-electron chi connectivity index (χ1n) is 8.89. The van der Waals surface area contributed by atoms with Crippen LogP contribution in [0.1, 0.15) is 30.7 Å². The van der Waals surface area contributed by atoms with E-state index in [-0.39, 0.29) is 5.97 Å². The summed E-state index contributed by atoms with van der Waals surface area (Å²) in [6.45, 7) is 5.17. The Balaban J connectivity index is 1.90. The van der Waals surface area contributed by atoms with Gasteiger partial charge in [-0.15, -0.1) is 0 Å². The second-order valence-corrected chi connectivity index (χ2v) is 7.45. The molecule has 140 valence electrons. The summed E-state index contributed by atoms with van der Waals surface area (Å²) in [6.07, 6.45) is 3.68. The number of nitrogens with zero attached hydrogens (tertiary/aromatic N) is 2. The van der Waals surface area contributed by atoms with Crippen LogP contribution < -0.4 is 0 Å². The molecule has 1 aliphatic rings. The molecule has 5 nitrogen and oxygen atoms in total. The van der Waals surface area contributed by atoms with Crippen molar-refractivity contribution in [2.45, 2.75) is 25.8 Å². The first-order chi connectivity index (χ1) is 12.7. The van der Waals surface area contributed by atoms with Crippen LogP contribution in [0.25, 0.3) is 11.1 Å². The van der Waals surface area contributed by atoms with Crippen LogP contribution in [0.4, 0.5) is 0 Å². The van der Waals surface area contributed by atoms with E-state index in [2.05, 4.69) is 16.2 Å². The summed E-state index contributed by atoms with van der Waals surface area (Å²) in [6, 6.07) is 7.15. The third kappa shape index (κ3) is 4.62. The molecular formula is C19H23ClN2O3S. The molecular weight excluding hydrogens is 372 g/mol. The second-order valence-electron chi connectivity index (χ2n) is 6.18. The number of unbranched alkanes of at least 4 members (excludes halogenated alkanes) is 1. The molecule has 1 fully saturated rings. The summed E-state index contributed by atoms with van der Waals surface area (Å²) in [7, 11) is 0. The number of carbonyl (C=O) groups is 1. The number of hydrogen-bond donors (Lipinski definition) is 0. The molecule has 1 aromatic heterocycles. The minimum absolute atomic E-state index is 0.209. The number of ether oxygens (including phenoxy) is 2. The minimum Gasteiger partial charge on any atom is -0.464 e. The predicted molar refractivity (Wildman–Crippen MR) is 104 cm³/mol. The number of hydrogen-bond acceptors (Lipinski definition) is 6. The van der Waals surface area contributed by atoms with E-state index in [0.29, 0.717) is 37.9 Å². The molecule has 1 aromatic carbocycles. The zero-order valence-corrected chi connectivity index (χ0v) is 16.4. The monoisotopic (exact) mass is 394 g/mol. The fourth-order valence-electron chi connectivity index (χ4n) is 2.95. The van der Waals surface area contributed by atoms with Crippen LogP contribution in [0.2, 0.25) is 5.02 Å². The lowest BCUT2D eigenvalue weighted by molar-refractivity contribution is -0.152. The molecule has 2 aromatic rings. The molecule has 1 saturated heterocycles. The quantitative estimate of drug-likeness (QED) is 0.520. The molecule has 7 heteroatoms. The van der Waals surface area contributed by atoms with Gasteiger partial charge in [0.25, 0.3) is 0 Å². The van der Waals surface area contributed by atoms with Crippen LogP contribution in [-0.2, 0) is 14.3 Å². The van der Waals surface area contributed by atoms with Crippen molar-refractivity contribution in [1.82, 2.24) is 9.27 Å². The highest BCUT2D eigenvalue weighted by Crippen LogP contribution is 2.36. The second kappa shape index (κ2) is 9.46. The SMILES string of the molecule is CCCCOC(=O)C(c1sncc1-c1ccc(Cl)cc1)N1CCOCC1. The maximum atomic E-state index is 12.9. The van der Waals surface area contributed by atoms with E-state index in [1.165, 1.54) is 11.5 Å². The van der Waals surface area contributed by atoms with Crippen molar-refractivity contribution in [2.24, 2.45) is 0 Å². The molecule has 0 bridgehead atoms. The summed E-state index contributed by atoms with van der Waals surface area (Å²) in [5, 5.41) is 0.683. The van der Waals surface area contributed by atoms with Crippen molar-refractivity contribution in [1.29, 1.82) is 0 Å². The van der Waals surface area contributed by atoms with Gasteiger partial charge in [0.15, 0.2) is 0 Å². The van der Waals surface area contributed by atoms with Crippen molar-refractivity contribution in [3.63, 3.8) is 0 Å². The standard InChI is InChI=1S/C19H23ClN2O3S/c1-2-3-10-25-19(23)17(22-8-11-24-12-9-22)18-16(13-21-26-18)14-4-6-15(20)7-5-14/h4-7,13,17H,2-3,8-12H2,1H3. The third-order valence-corrected chi connectivity index (χ3v) is 5.48. The molecule has 3 rings (SSSR count). The van der Waals surface area contributed by atoms with Crippen LogP contribution in [0.3, 0.4) is 0 Å². The van der Waals surface area contributed by atoms with Crippen molar-refractivity contribution < 1.29 is 14.3 Å². The number of halogens is 1. The van der Waals surface area contributed by atoms with Gasteiger partial charge in [-0.3, -0.25) is 4.90 Å². The summed E-state index contributed by atoms with van der Waals surface area (Å²) in [5.41, 5.74) is 1.95. The summed E-state index contributed by atoms with van der Waals surface area (Å²) in [4.78, 5) is 15.9. The first kappa shape index (κ1) is 19.3. The topological polar surface area (TPSA) is 51.7 Å². The molecule has 0 spiro atoms. The minimum atomic E-state index is -0.450. The summed E-state index contributed by atoms with van der Waals surface area (Å²) in [5.74, 6) is -0.209. The van der Waals surface area contributed by atoms with Crippen LogP contribution >= 0.6 is 23.1 Å². The smallest absolute Gasteiger partial charge is 0.328 e. The lowest BCUT2D eigenvalue weighted by atomic mass is 10.0. The van der Waals surface area contributed by atoms with Gasteiger partial charge >= 0.3 is 5.97 Å². The van der Waals surface area contributed by atoms with Gasteiger partial charge in [-0.05, 0) is 35.6 Å². The zero-order valence-electron chi connectivity index (χ0n) is 14.8. The highest BCUT2D eigenvalue weighted by Gasteiger charge is 2.34. The molecule has 0 amide bonds. The highest BCUT2D eigenvalue weighted by molar-refractivity contribution is 7.06. The Bertz CT molecular complexity index is 714. The fourth-order valence-corrected chi connectivity index (χ4v) is 3.96. The molecule has 1 atom stereocenters. The molecule has 0 N–H and O–H groups in total. The van der Waals surface area contributed by atoms with Crippen LogP contribution in [-0.4, -0.2) is 48.2 Å². The molecule has 0 aliphatic carbocycles. The van der Waals surface area contributed by atoms with E-state index in [1.54, 1.807) is 0 Å². The van der Waals surface area contributed by atoms with Crippen molar-refractivity contribution >= 4 is 29.1 Å². The first-order valence-corrected chi connectivity index (χ1v) is 10.0. The largest absolute Gasteiger partial charge is 0.464 e. The Hall–Kier alpha value is -1.47. The van der Waals surface area contributed by atoms with Gasteiger partial charge in [-0.1, -0.05) is 37.1 Å². The lowest BCUT2D eigenvalue weighted by Crippen LogP contribution is -2.42. The van der Waals surface area contributed by atoms with E-state index in [1.807, 2.05) is 30.5 Å². The maximum absolute atomic E-state index is 12.9. The number of rotatable bonds is 7. The maximum Gasteiger partial charge on any atom is 0.328 e. The molecule has 1 unspecified atom stereocenters. The average Bonchev–Trinajstić information content (AvgIpc) is 3.13. The Morgan fingerprint density at radius 3 is 2.77 bits per heavy atom. The Kier molecular flexibility index (Phi) is 7.02. The van der Waals surface area contributed by atoms with Gasteiger partial charge in [0.1, 0.15) is 6.04 Å². The van der Waals surface area contributed by atoms with E-state index in [0.717, 1.165) is 28.8 Å². The van der Waals surface area contributed by atoms with Crippen molar-refractivity contribution in [2.75, 3.05) is 32.9 Å². The number of aromatic nitrogens is 1. The fraction of sp³-hybridized carbons (Fsp3) is 0.474. The molecule has 0 radical (unpaired) electrons. The van der Waals surface area contributed by atoms with Crippen LogP contribution in [0, 0.1) is 0 Å². The van der Waals surface area contributed by atoms with Gasteiger partial charge in [-0.2, -0.15) is 0 Å². The highest BCUT2D eigenvalue weighted by atomic mass is 35.5. The molecule has 0 saturated carbocycles. The van der Waals surface area contributed by atoms with Crippen LogP contribution in [0.15, 0.2) is 30.5 Å². The number of esters is 1. The molecule has 1 aliphatic heterocycles. The Labute approximate surface area is 163 Å². The normalized spacial score (nSPS) is 16.4. The Morgan fingerprint density at radius 2 is 2.08 bits per heavy atom. The number of carbonyl (C=O) groups excluding carboxylic acids is 1. The summed E-state index contributed by atoms with van der Waals surface area (Å²) < 4.78 is 15.4. The van der Waals surface area contributed by atoms with E-state index >= 15 is 0 Å². The molecule has 2 heterocycles. The van der Waals surface area contributed by atoms with E-state index < -0.39 is 6.04 Å². The van der Waals surface area contributed by atoms with Crippen molar-refractivity contribution in [3.05, 3.63) is 40.4 Å². The van der Waals surface area contributed by atoms with Gasteiger partial charge in [0, 0.05) is 29.9 Å². The Morgan fingerprint density at radius 1 is 1.35 bits per heavy atom. The summed E-state index contributed by atoms with van der Waals surface area (Å²) >= 11 is 7.36. The van der Waals surface area contributed by atoms with E-state index in [9.17, 15) is 4.79 Å². The van der Waals surface area contributed by atoms with Gasteiger partial charge < -0.3 is 9.47 Å². The van der Waals surface area contributed by atoms with Gasteiger partial charge in [-0.25, -0.2) is 9.17 Å². The lowest BCUT2D eigenvalue weighted by Gasteiger charge is -2.32. The molecule has 26 heavy (non-hydrogen) atoms. The van der Waals surface area contributed by atoms with Crippen LogP contribution in [0.5, 0.6) is 0 Å². The third-order valence-electron chi connectivity index (χ3n) is 4.38. The predicted octanol–water partition coefficient (Wildman–Crippen LogP) is 4.18. The van der Waals surface area contributed by atoms with Crippen molar-refractivity contribution in [3.8, 4) is 11.1 Å². The average molecular weight is 395 g/mol. The van der Waals surface area contributed by atoms with Gasteiger partial charge in [0.2, 0.25) is 0 Å².